The van der Waals surface area contributed by atoms with Gasteiger partial charge in [0.1, 0.15) is 11.3 Å². The van der Waals surface area contributed by atoms with E-state index in [0.29, 0.717) is 0 Å². The SMILES string of the molecule is C[C@H](NCCc1cccc(C(=O)N(C)C)c1)c1cc2ccccc2o1. The topological polar surface area (TPSA) is 45.5 Å². The summed E-state index contributed by atoms with van der Waals surface area (Å²) in [5.74, 6) is 0.975. The van der Waals surface area contributed by atoms with Gasteiger partial charge in [0.25, 0.3) is 5.91 Å². The highest BCUT2D eigenvalue weighted by Crippen LogP contribution is 2.23. The first-order chi connectivity index (χ1) is 12.0. The van der Waals surface area contributed by atoms with Gasteiger partial charge < -0.3 is 14.6 Å². The Hall–Kier alpha value is -2.59. The molecule has 1 N–H and O–H groups in total. The Morgan fingerprint density at radius 3 is 2.68 bits per heavy atom. The van der Waals surface area contributed by atoms with E-state index >= 15 is 0 Å². The first kappa shape index (κ1) is 17.2. The van der Waals surface area contributed by atoms with Crippen molar-refractivity contribution in [3.63, 3.8) is 0 Å². The van der Waals surface area contributed by atoms with Crippen LogP contribution in [0.3, 0.4) is 0 Å². The number of hydrogen-bond donors (Lipinski definition) is 1. The van der Waals surface area contributed by atoms with Crippen LogP contribution in [-0.4, -0.2) is 31.4 Å². The van der Waals surface area contributed by atoms with Crippen LogP contribution in [0.2, 0.25) is 0 Å². The van der Waals surface area contributed by atoms with Crippen LogP contribution >= 0.6 is 0 Å². The van der Waals surface area contributed by atoms with Crippen molar-refractivity contribution in [3.05, 3.63) is 71.5 Å². The molecule has 3 aromatic rings. The fourth-order valence-electron chi connectivity index (χ4n) is 2.87. The predicted octanol–water partition coefficient (Wildman–Crippen LogP) is 4.03. The van der Waals surface area contributed by atoms with Crippen molar-refractivity contribution < 1.29 is 9.21 Å². The molecule has 0 spiro atoms. The number of benzene rings is 2. The first-order valence-electron chi connectivity index (χ1n) is 8.57. The van der Waals surface area contributed by atoms with Crippen molar-refractivity contribution in [2.45, 2.75) is 19.4 Å². The molecule has 0 aliphatic carbocycles. The van der Waals surface area contributed by atoms with Crippen LogP contribution < -0.4 is 5.32 Å². The molecule has 25 heavy (non-hydrogen) atoms. The highest BCUT2D eigenvalue weighted by molar-refractivity contribution is 5.94. The smallest absolute Gasteiger partial charge is 0.253 e. The molecule has 0 saturated heterocycles. The standard InChI is InChI=1S/C21H24N2O2/c1-15(20-14-17-8-4-5-10-19(17)25-20)22-12-11-16-7-6-9-18(13-16)21(24)23(2)3/h4-10,13-15,22H,11-12H2,1-3H3/t15-/m0/s1. The molecule has 3 rings (SSSR count). The van der Waals surface area contributed by atoms with E-state index in [-0.39, 0.29) is 11.9 Å². The molecule has 0 radical (unpaired) electrons. The summed E-state index contributed by atoms with van der Waals surface area (Å²) in [4.78, 5) is 13.6. The lowest BCUT2D eigenvalue weighted by Gasteiger charge is -2.13. The van der Waals surface area contributed by atoms with Crippen LogP contribution in [-0.2, 0) is 6.42 Å². The summed E-state index contributed by atoms with van der Waals surface area (Å²) < 4.78 is 5.90. The average molecular weight is 336 g/mol. The summed E-state index contributed by atoms with van der Waals surface area (Å²) >= 11 is 0. The molecule has 1 amide bonds. The second-order valence-corrected chi connectivity index (χ2v) is 6.51. The zero-order valence-electron chi connectivity index (χ0n) is 15.0. The number of rotatable bonds is 6. The summed E-state index contributed by atoms with van der Waals surface area (Å²) in [6.45, 7) is 2.92. The van der Waals surface area contributed by atoms with E-state index in [1.54, 1.807) is 19.0 Å². The largest absolute Gasteiger partial charge is 0.459 e. The summed E-state index contributed by atoms with van der Waals surface area (Å²) in [6.07, 6.45) is 0.860. The van der Waals surface area contributed by atoms with Crippen LogP contribution in [0.25, 0.3) is 11.0 Å². The Labute approximate surface area is 148 Å². The van der Waals surface area contributed by atoms with E-state index in [1.807, 2.05) is 36.4 Å². The summed E-state index contributed by atoms with van der Waals surface area (Å²) in [5.41, 5.74) is 2.80. The lowest BCUT2D eigenvalue weighted by atomic mass is 10.1. The van der Waals surface area contributed by atoms with Gasteiger partial charge in [0.05, 0.1) is 6.04 Å². The van der Waals surface area contributed by atoms with Crippen LogP contribution in [0.15, 0.2) is 59.0 Å². The maximum atomic E-state index is 12.0. The Bertz CT molecular complexity index is 834. The number of furan rings is 1. The van der Waals surface area contributed by atoms with Crippen LogP contribution in [0.5, 0.6) is 0 Å². The van der Waals surface area contributed by atoms with Crippen molar-refractivity contribution in [2.75, 3.05) is 20.6 Å². The average Bonchev–Trinajstić information content (AvgIpc) is 3.05. The molecule has 0 fully saturated rings. The van der Waals surface area contributed by atoms with Crippen molar-refractivity contribution in [3.8, 4) is 0 Å². The lowest BCUT2D eigenvalue weighted by Crippen LogP contribution is -2.22. The Morgan fingerprint density at radius 2 is 1.92 bits per heavy atom. The van der Waals surface area contributed by atoms with E-state index in [9.17, 15) is 4.79 Å². The lowest BCUT2D eigenvalue weighted by molar-refractivity contribution is 0.0827. The van der Waals surface area contributed by atoms with Gasteiger partial charge in [0.2, 0.25) is 0 Å². The fraction of sp³-hybridized carbons (Fsp3) is 0.286. The molecule has 1 atom stereocenters. The zero-order valence-corrected chi connectivity index (χ0v) is 15.0. The van der Waals surface area contributed by atoms with E-state index in [1.165, 1.54) is 0 Å². The third-order valence-electron chi connectivity index (χ3n) is 4.32. The number of hydrogen-bond acceptors (Lipinski definition) is 3. The second-order valence-electron chi connectivity index (χ2n) is 6.51. The van der Waals surface area contributed by atoms with E-state index in [2.05, 4.69) is 30.4 Å². The van der Waals surface area contributed by atoms with Crippen LogP contribution in [0.4, 0.5) is 0 Å². The molecule has 4 heteroatoms. The molecular weight excluding hydrogens is 312 g/mol. The molecule has 0 aliphatic heterocycles. The van der Waals surface area contributed by atoms with Crippen molar-refractivity contribution in [1.29, 1.82) is 0 Å². The Morgan fingerprint density at radius 1 is 1.12 bits per heavy atom. The molecule has 0 unspecified atom stereocenters. The normalized spacial score (nSPS) is 12.3. The van der Waals surface area contributed by atoms with Crippen LogP contribution in [0, 0.1) is 0 Å². The number of para-hydroxylation sites is 1. The van der Waals surface area contributed by atoms with Gasteiger partial charge in [-0.2, -0.15) is 0 Å². The predicted molar refractivity (Wildman–Crippen MR) is 101 cm³/mol. The van der Waals surface area contributed by atoms with Crippen molar-refractivity contribution in [2.24, 2.45) is 0 Å². The summed E-state index contributed by atoms with van der Waals surface area (Å²) in [7, 11) is 3.54. The third-order valence-corrected chi connectivity index (χ3v) is 4.32. The molecule has 4 nitrogen and oxygen atoms in total. The van der Waals surface area contributed by atoms with Gasteiger partial charge in [0.15, 0.2) is 0 Å². The third kappa shape index (κ3) is 4.09. The zero-order chi connectivity index (χ0) is 17.8. The van der Waals surface area contributed by atoms with E-state index in [4.69, 9.17) is 4.42 Å². The van der Waals surface area contributed by atoms with Gasteiger partial charge >= 0.3 is 0 Å². The minimum atomic E-state index is 0.0328. The van der Waals surface area contributed by atoms with Gasteiger partial charge in [-0.3, -0.25) is 4.79 Å². The number of carbonyl (C=O) groups excluding carboxylic acids is 1. The van der Waals surface area contributed by atoms with Gasteiger partial charge in [-0.05, 0) is 49.7 Å². The molecule has 0 saturated carbocycles. The van der Waals surface area contributed by atoms with Gasteiger partial charge in [0, 0.05) is 25.0 Å². The van der Waals surface area contributed by atoms with E-state index < -0.39 is 0 Å². The first-order valence-corrected chi connectivity index (χ1v) is 8.57. The molecule has 1 aromatic heterocycles. The number of fused-ring (bicyclic) bond motifs is 1. The Balaban J connectivity index is 1.59. The molecule has 1 heterocycles. The van der Waals surface area contributed by atoms with Gasteiger partial charge in [-0.1, -0.05) is 30.3 Å². The maximum Gasteiger partial charge on any atom is 0.253 e. The quantitative estimate of drug-likeness (QED) is 0.739. The summed E-state index contributed by atoms with van der Waals surface area (Å²) in [5, 5.41) is 4.62. The van der Waals surface area contributed by atoms with Crippen molar-refractivity contribution >= 4 is 16.9 Å². The number of carbonyl (C=O) groups is 1. The molecule has 0 aliphatic rings. The summed E-state index contributed by atoms with van der Waals surface area (Å²) in [6, 6.07) is 18.1. The number of nitrogens with one attached hydrogen (secondary N) is 1. The molecule has 130 valence electrons. The van der Waals surface area contributed by atoms with Gasteiger partial charge in [-0.25, -0.2) is 0 Å². The molecule has 2 aromatic carbocycles. The number of nitrogens with zero attached hydrogens (tertiary/aromatic N) is 1. The Kier molecular flexibility index (Phi) is 5.19. The van der Waals surface area contributed by atoms with Crippen molar-refractivity contribution in [1.82, 2.24) is 10.2 Å². The highest BCUT2D eigenvalue weighted by Gasteiger charge is 2.11. The monoisotopic (exact) mass is 336 g/mol. The maximum absolute atomic E-state index is 12.0. The van der Waals surface area contributed by atoms with E-state index in [0.717, 1.165) is 40.8 Å². The minimum absolute atomic E-state index is 0.0328. The highest BCUT2D eigenvalue weighted by atomic mass is 16.3. The van der Waals surface area contributed by atoms with Gasteiger partial charge in [-0.15, -0.1) is 0 Å². The van der Waals surface area contributed by atoms with Crippen LogP contribution in [0.1, 0.15) is 34.6 Å². The fourth-order valence-corrected chi connectivity index (χ4v) is 2.87. The second kappa shape index (κ2) is 7.53. The number of amides is 1. The minimum Gasteiger partial charge on any atom is -0.459 e. The molecule has 0 bridgehead atoms. The molecular formula is C21H24N2O2.